The summed E-state index contributed by atoms with van der Waals surface area (Å²) in [5, 5.41) is 0.737. The van der Waals surface area contributed by atoms with E-state index in [1.807, 2.05) is 0 Å². The Morgan fingerprint density at radius 1 is 0.400 bits per heavy atom. The minimum absolute atomic E-state index is 0.250. The van der Waals surface area contributed by atoms with E-state index in [1.54, 1.807) is 6.92 Å². The van der Waals surface area contributed by atoms with Crippen LogP contribution in [-0.4, -0.2) is 70.5 Å². The molecule has 0 aliphatic rings. The monoisotopic (exact) mass is 598 g/mol. The number of aliphatic hydroxyl groups excluding tert-OH is 1. The van der Waals surface area contributed by atoms with Crippen LogP contribution in [-0.2, 0) is 0 Å². The molecule has 0 saturated heterocycles. The van der Waals surface area contributed by atoms with E-state index in [0.717, 1.165) is 0 Å². The summed E-state index contributed by atoms with van der Waals surface area (Å²) in [4.78, 5) is 0. The van der Waals surface area contributed by atoms with Crippen molar-refractivity contribution in [3.05, 3.63) is 0 Å². The second kappa shape index (κ2) is 9.30. The van der Waals surface area contributed by atoms with Crippen molar-refractivity contribution in [1.82, 2.24) is 0 Å². The van der Waals surface area contributed by atoms with Crippen LogP contribution >= 0.6 is 12.6 Å². The molecule has 0 atom stereocenters. The molecule has 0 unspecified atom stereocenters. The van der Waals surface area contributed by atoms with Gasteiger partial charge in [-0.05, 0) is 6.92 Å². The van der Waals surface area contributed by atoms with Crippen LogP contribution in [0.5, 0.6) is 0 Å². The third-order valence-electron chi connectivity index (χ3n) is 3.49. The Labute approximate surface area is 183 Å². The maximum atomic E-state index is 13.2. The number of alkyl halides is 21. The summed E-state index contributed by atoms with van der Waals surface area (Å²) >= 11 is 1.28. The van der Waals surface area contributed by atoms with E-state index in [9.17, 15) is 92.2 Å². The van der Waals surface area contributed by atoms with Gasteiger partial charge in [-0.3, -0.25) is 0 Å². The van der Waals surface area contributed by atoms with Gasteiger partial charge in [0.05, 0.1) is 0 Å². The predicted molar refractivity (Wildman–Crippen MR) is 72.3 cm³/mol. The molecule has 1 nitrogen and oxygen atoms in total. The predicted octanol–water partition coefficient (Wildman–Crippen LogP) is 7.15. The normalized spacial score (nSPS) is 16.1. The average molecular weight is 598 g/mol. The summed E-state index contributed by atoms with van der Waals surface area (Å²) in [5.74, 6) is -70.1. The van der Waals surface area contributed by atoms with Gasteiger partial charge in [-0.25, -0.2) is 0 Å². The molecule has 0 saturated carbocycles. The van der Waals surface area contributed by atoms with Gasteiger partial charge < -0.3 is 5.11 Å². The van der Waals surface area contributed by atoms with Crippen LogP contribution < -0.4 is 0 Å². The first kappa shape index (κ1) is 36.0. The minimum Gasteiger partial charge on any atom is -0.397 e. The quantitative estimate of drug-likeness (QED) is 0.225. The first-order valence-corrected chi connectivity index (χ1v) is 7.91. The molecular weight excluding hydrogens is 591 g/mol. The number of aliphatic hydroxyl groups is 1. The fourth-order valence-electron chi connectivity index (χ4n) is 1.55. The van der Waals surface area contributed by atoms with Gasteiger partial charge in [-0.2, -0.15) is 92.2 Å². The Morgan fingerprint density at radius 3 is 0.686 bits per heavy atom. The summed E-state index contributed by atoms with van der Waals surface area (Å²) in [6.07, 6.45) is -7.99. The summed E-state index contributed by atoms with van der Waals surface area (Å²) in [6.45, 7) is 1.93. The lowest BCUT2D eigenvalue weighted by atomic mass is 9.87. The Kier molecular flexibility index (Phi) is 9.56. The average Bonchev–Trinajstić information content (AvgIpc) is 2.59. The lowest BCUT2D eigenvalue weighted by molar-refractivity contribution is -0.471. The molecule has 0 amide bonds. The molecule has 0 aliphatic heterocycles. The van der Waals surface area contributed by atoms with E-state index >= 15 is 0 Å². The smallest absolute Gasteiger partial charge is 0.397 e. The van der Waals surface area contributed by atoms with Crippen molar-refractivity contribution in [1.29, 1.82) is 0 Å². The molecule has 35 heavy (non-hydrogen) atoms. The molecule has 0 aliphatic carbocycles. The van der Waals surface area contributed by atoms with E-state index in [2.05, 4.69) is 0 Å². The number of hydrogen-bond acceptors (Lipinski definition) is 2. The Hall–Kier alpha value is -1.16. The van der Waals surface area contributed by atoms with Crippen molar-refractivity contribution in [2.45, 2.75) is 65.7 Å². The van der Waals surface area contributed by atoms with Crippen molar-refractivity contribution in [3.8, 4) is 0 Å². The molecule has 214 valence electrons. The van der Waals surface area contributed by atoms with E-state index in [0.29, 0.717) is 0 Å². The maximum Gasteiger partial charge on any atom is 0.460 e. The zero-order valence-electron chi connectivity index (χ0n) is 15.5. The van der Waals surface area contributed by atoms with Gasteiger partial charge in [0, 0.05) is 6.61 Å². The van der Waals surface area contributed by atoms with Crippen LogP contribution in [0.15, 0.2) is 0 Å². The van der Waals surface area contributed by atoms with Crippen LogP contribution in [0, 0.1) is 0 Å². The van der Waals surface area contributed by atoms with E-state index in [-0.39, 0.29) is 6.61 Å². The molecule has 1 N–H and O–H groups in total. The van der Waals surface area contributed by atoms with Crippen molar-refractivity contribution in [2.24, 2.45) is 0 Å². The molecule has 0 fully saturated rings. The van der Waals surface area contributed by atoms with Crippen LogP contribution in [0.4, 0.5) is 92.2 Å². The Bertz CT molecular complexity index is 657. The Balaban J connectivity index is 0. The van der Waals surface area contributed by atoms with Crippen LogP contribution in [0.2, 0.25) is 0 Å². The van der Waals surface area contributed by atoms with Gasteiger partial charge in [-0.15, -0.1) is 0 Å². The summed E-state index contributed by atoms with van der Waals surface area (Å²) in [6, 6.07) is 0. The van der Waals surface area contributed by atoms with Crippen molar-refractivity contribution < 1.29 is 97.3 Å². The minimum atomic E-state index is -9.15. The molecule has 0 aromatic heterocycles. The zero-order chi connectivity index (χ0) is 29.7. The number of hydrogen-bond donors (Lipinski definition) is 2. The highest BCUT2D eigenvalue weighted by Gasteiger charge is 2.97. The highest BCUT2D eigenvalue weighted by atomic mass is 32.1. The van der Waals surface area contributed by atoms with E-state index in [4.69, 9.17) is 5.11 Å². The SMILES string of the molecule is CCO.FC(F)(F)C(F)(F)C(F)(F)C(F)(F)C(F)(F)C(F)(F)C(F)(F)C(F)(F)C(F)(F)C(F)(F)S. The number of rotatable bonds is 8. The van der Waals surface area contributed by atoms with Crippen molar-refractivity contribution >= 4 is 12.6 Å². The molecule has 0 radical (unpaired) electrons. The third-order valence-corrected chi connectivity index (χ3v) is 3.77. The van der Waals surface area contributed by atoms with Gasteiger partial charge in [-0.1, -0.05) is 12.6 Å². The number of halogens is 21. The maximum absolute atomic E-state index is 13.2. The highest BCUT2D eigenvalue weighted by Crippen LogP contribution is 2.66. The van der Waals surface area contributed by atoms with Crippen LogP contribution in [0.1, 0.15) is 6.92 Å². The molecule has 0 bridgehead atoms. The summed E-state index contributed by atoms with van der Waals surface area (Å²) in [7, 11) is 0. The summed E-state index contributed by atoms with van der Waals surface area (Å²) in [5.41, 5.74) is 0. The third kappa shape index (κ3) is 4.90. The summed E-state index contributed by atoms with van der Waals surface area (Å²) < 4.78 is 267. The lowest BCUT2D eigenvalue weighted by Crippen LogP contribution is -2.76. The largest absolute Gasteiger partial charge is 0.460 e. The standard InChI is InChI=1S/C10HF21S.C2H6O/c11-1(12,3(15,16)5(19,20)7(23,24)9(27,28)29)2(13,14)4(17,18)6(21,22)8(25,26)10(30,31)32;1-2-3/h32H;3H,2H2,1H3. The van der Waals surface area contributed by atoms with E-state index in [1.165, 1.54) is 12.6 Å². The highest BCUT2D eigenvalue weighted by molar-refractivity contribution is 7.81. The first-order chi connectivity index (χ1) is 14.7. The van der Waals surface area contributed by atoms with Gasteiger partial charge in [0.1, 0.15) is 0 Å². The topological polar surface area (TPSA) is 20.2 Å². The molecule has 23 heteroatoms. The van der Waals surface area contributed by atoms with Gasteiger partial charge >= 0.3 is 58.8 Å². The fourth-order valence-corrected chi connectivity index (χ4v) is 1.69. The number of thiol groups is 1. The molecule has 0 heterocycles. The molecule has 0 aromatic carbocycles. The first-order valence-electron chi connectivity index (χ1n) is 7.47. The molecular formula is C12H7F21OS. The van der Waals surface area contributed by atoms with Crippen molar-refractivity contribution in [3.63, 3.8) is 0 Å². The van der Waals surface area contributed by atoms with Gasteiger partial charge in [0.15, 0.2) is 0 Å². The Morgan fingerprint density at radius 2 is 0.543 bits per heavy atom. The van der Waals surface area contributed by atoms with Gasteiger partial charge in [0.2, 0.25) is 0 Å². The second-order valence-corrected chi connectivity index (χ2v) is 6.51. The fraction of sp³-hybridized carbons (Fsp3) is 1.00. The molecule has 0 rings (SSSR count). The van der Waals surface area contributed by atoms with Crippen LogP contribution in [0.3, 0.4) is 0 Å². The zero-order valence-corrected chi connectivity index (χ0v) is 16.4. The van der Waals surface area contributed by atoms with Crippen molar-refractivity contribution in [2.75, 3.05) is 6.61 Å². The van der Waals surface area contributed by atoms with Crippen LogP contribution in [0.25, 0.3) is 0 Å². The van der Waals surface area contributed by atoms with Gasteiger partial charge in [0.25, 0.3) is 0 Å². The van der Waals surface area contributed by atoms with E-state index < -0.39 is 58.8 Å². The second-order valence-electron chi connectivity index (χ2n) is 5.95. The molecule has 0 aromatic rings. The lowest BCUT2D eigenvalue weighted by Gasteiger charge is -2.44. The molecule has 0 spiro atoms.